The minimum absolute atomic E-state index is 0.244. The van der Waals surface area contributed by atoms with E-state index in [-0.39, 0.29) is 5.91 Å². The van der Waals surface area contributed by atoms with Gasteiger partial charge in [0.15, 0.2) is 4.34 Å². The summed E-state index contributed by atoms with van der Waals surface area (Å²) in [7, 11) is 0. The molecule has 0 N–H and O–H groups in total. The molecule has 0 atom stereocenters. The number of hydrogen-bond acceptors (Lipinski definition) is 5. The van der Waals surface area contributed by atoms with Gasteiger partial charge in [-0.15, -0.1) is 11.3 Å². The highest BCUT2D eigenvalue weighted by atomic mass is 32.2. The standard InChI is InChI=1S/C19H26N2O2S2/c1-3-21(14-8-6-5-7-9-14)18(22)13-24-19-20-16-11-10-15(23-4-2)12-17(16)25-19/h10-12,14H,3-9,13H2,1-2H3. The average Bonchev–Trinajstić information content (AvgIpc) is 3.04. The summed E-state index contributed by atoms with van der Waals surface area (Å²) in [6, 6.07) is 6.41. The lowest BCUT2D eigenvalue weighted by atomic mass is 9.94. The molecule has 3 rings (SSSR count). The molecule has 1 aromatic carbocycles. The lowest BCUT2D eigenvalue weighted by Crippen LogP contribution is -2.42. The second kappa shape index (κ2) is 8.90. The van der Waals surface area contributed by atoms with Gasteiger partial charge >= 0.3 is 0 Å². The van der Waals surface area contributed by atoms with Gasteiger partial charge in [-0.2, -0.15) is 0 Å². The summed E-state index contributed by atoms with van der Waals surface area (Å²) in [5.74, 6) is 1.59. The van der Waals surface area contributed by atoms with Crippen molar-refractivity contribution in [2.75, 3.05) is 18.9 Å². The fraction of sp³-hybridized carbons (Fsp3) is 0.579. The summed E-state index contributed by atoms with van der Waals surface area (Å²) in [6.45, 7) is 5.54. The van der Waals surface area contributed by atoms with Gasteiger partial charge in [0.1, 0.15) is 5.75 Å². The van der Waals surface area contributed by atoms with Crippen LogP contribution in [0.4, 0.5) is 0 Å². The first kappa shape index (κ1) is 18.5. The number of rotatable bonds is 7. The molecule has 1 heterocycles. The molecule has 1 aliphatic rings. The maximum Gasteiger partial charge on any atom is 0.233 e. The van der Waals surface area contributed by atoms with Crippen LogP contribution in [0.25, 0.3) is 10.2 Å². The third kappa shape index (κ3) is 4.67. The Morgan fingerprint density at radius 3 is 2.84 bits per heavy atom. The van der Waals surface area contributed by atoms with E-state index in [1.54, 1.807) is 23.1 Å². The van der Waals surface area contributed by atoms with Crippen LogP contribution in [0.2, 0.25) is 0 Å². The Balaban J connectivity index is 1.61. The van der Waals surface area contributed by atoms with E-state index < -0.39 is 0 Å². The van der Waals surface area contributed by atoms with Crippen LogP contribution in [-0.2, 0) is 4.79 Å². The summed E-state index contributed by atoms with van der Waals surface area (Å²) >= 11 is 3.19. The largest absolute Gasteiger partial charge is 0.494 e. The van der Waals surface area contributed by atoms with Crippen molar-refractivity contribution in [2.24, 2.45) is 0 Å². The van der Waals surface area contributed by atoms with Crippen molar-refractivity contribution in [1.82, 2.24) is 9.88 Å². The Morgan fingerprint density at radius 2 is 2.12 bits per heavy atom. The van der Waals surface area contributed by atoms with Crippen molar-refractivity contribution in [3.63, 3.8) is 0 Å². The van der Waals surface area contributed by atoms with E-state index in [0.717, 1.165) is 39.7 Å². The molecule has 25 heavy (non-hydrogen) atoms. The lowest BCUT2D eigenvalue weighted by molar-refractivity contribution is -0.131. The van der Waals surface area contributed by atoms with Gasteiger partial charge in [0.05, 0.1) is 22.6 Å². The highest BCUT2D eigenvalue weighted by Gasteiger charge is 2.24. The highest BCUT2D eigenvalue weighted by Crippen LogP contribution is 2.32. The van der Waals surface area contributed by atoms with Crippen LogP contribution < -0.4 is 4.74 Å². The first-order valence-corrected chi connectivity index (χ1v) is 11.0. The number of hydrogen-bond donors (Lipinski definition) is 0. The Labute approximate surface area is 158 Å². The van der Waals surface area contributed by atoms with Gasteiger partial charge in [0.25, 0.3) is 0 Å². The minimum Gasteiger partial charge on any atom is -0.494 e. The molecule has 0 bridgehead atoms. The lowest BCUT2D eigenvalue weighted by Gasteiger charge is -2.33. The topological polar surface area (TPSA) is 42.4 Å². The summed E-state index contributed by atoms with van der Waals surface area (Å²) in [6.07, 6.45) is 6.13. The third-order valence-electron chi connectivity index (χ3n) is 4.65. The molecule has 0 spiro atoms. The van der Waals surface area contributed by atoms with E-state index in [1.165, 1.54) is 19.3 Å². The van der Waals surface area contributed by atoms with E-state index in [9.17, 15) is 4.79 Å². The van der Waals surface area contributed by atoms with Crippen LogP contribution in [0.15, 0.2) is 22.5 Å². The molecule has 6 heteroatoms. The van der Waals surface area contributed by atoms with E-state index in [0.29, 0.717) is 18.4 Å². The summed E-state index contributed by atoms with van der Waals surface area (Å²) in [4.78, 5) is 19.4. The zero-order valence-electron chi connectivity index (χ0n) is 15.0. The fourth-order valence-corrected chi connectivity index (χ4v) is 5.42. The van der Waals surface area contributed by atoms with Gasteiger partial charge in [-0.1, -0.05) is 31.0 Å². The molecule has 1 fully saturated rings. The van der Waals surface area contributed by atoms with E-state index >= 15 is 0 Å². The molecule has 1 aromatic heterocycles. The molecule has 1 amide bonds. The highest BCUT2D eigenvalue weighted by molar-refractivity contribution is 8.01. The zero-order chi connectivity index (χ0) is 17.6. The number of ether oxygens (including phenoxy) is 1. The number of nitrogens with zero attached hydrogens (tertiary/aromatic N) is 2. The van der Waals surface area contributed by atoms with Crippen molar-refractivity contribution in [3.8, 4) is 5.75 Å². The van der Waals surface area contributed by atoms with Crippen molar-refractivity contribution in [3.05, 3.63) is 18.2 Å². The predicted molar refractivity (Wildman–Crippen MR) is 106 cm³/mol. The maximum atomic E-state index is 12.7. The molecule has 0 radical (unpaired) electrons. The van der Waals surface area contributed by atoms with Gasteiger partial charge < -0.3 is 9.64 Å². The number of thioether (sulfide) groups is 1. The fourth-order valence-electron chi connectivity index (χ4n) is 3.44. The number of thiazole rings is 1. The van der Waals surface area contributed by atoms with Crippen molar-refractivity contribution in [2.45, 2.75) is 56.3 Å². The van der Waals surface area contributed by atoms with Crippen molar-refractivity contribution in [1.29, 1.82) is 0 Å². The Hall–Kier alpha value is -1.27. The summed E-state index contributed by atoms with van der Waals surface area (Å²) in [5.41, 5.74) is 0.975. The van der Waals surface area contributed by atoms with Crippen LogP contribution in [0.1, 0.15) is 46.0 Å². The molecular formula is C19H26N2O2S2. The molecule has 1 saturated carbocycles. The van der Waals surface area contributed by atoms with Crippen LogP contribution in [0.3, 0.4) is 0 Å². The Bertz CT molecular complexity index is 711. The Kier molecular flexibility index (Phi) is 6.59. The Morgan fingerprint density at radius 1 is 1.32 bits per heavy atom. The monoisotopic (exact) mass is 378 g/mol. The molecule has 136 valence electrons. The van der Waals surface area contributed by atoms with E-state index in [2.05, 4.69) is 16.8 Å². The van der Waals surface area contributed by atoms with Gasteiger partial charge in [-0.25, -0.2) is 4.98 Å². The molecule has 2 aromatic rings. The van der Waals surface area contributed by atoms with Gasteiger partial charge in [0, 0.05) is 12.6 Å². The van der Waals surface area contributed by atoms with Crippen LogP contribution in [-0.4, -0.2) is 40.7 Å². The molecule has 0 saturated heterocycles. The van der Waals surface area contributed by atoms with Gasteiger partial charge in [-0.3, -0.25) is 4.79 Å². The number of aromatic nitrogens is 1. The van der Waals surface area contributed by atoms with Gasteiger partial charge in [0.2, 0.25) is 5.91 Å². The number of carbonyl (C=O) groups is 1. The van der Waals surface area contributed by atoms with Crippen LogP contribution in [0, 0.1) is 0 Å². The first-order chi connectivity index (χ1) is 12.2. The number of fused-ring (bicyclic) bond motifs is 1. The molecule has 0 unspecified atom stereocenters. The first-order valence-electron chi connectivity index (χ1n) is 9.17. The number of amides is 1. The molecule has 4 nitrogen and oxygen atoms in total. The van der Waals surface area contributed by atoms with E-state index in [4.69, 9.17) is 4.74 Å². The second-order valence-corrected chi connectivity index (χ2v) is 8.56. The zero-order valence-corrected chi connectivity index (χ0v) is 16.6. The normalized spacial score (nSPS) is 15.4. The van der Waals surface area contributed by atoms with Crippen molar-refractivity contribution < 1.29 is 9.53 Å². The molecular weight excluding hydrogens is 352 g/mol. The summed E-state index contributed by atoms with van der Waals surface area (Å²) < 4.78 is 7.61. The number of benzene rings is 1. The number of carbonyl (C=O) groups excluding carboxylic acids is 1. The van der Waals surface area contributed by atoms with Crippen LogP contribution >= 0.6 is 23.1 Å². The predicted octanol–water partition coefficient (Wildman–Crippen LogP) is 4.97. The third-order valence-corrected chi connectivity index (χ3v) is 6.79. The smallest absolute Gasteiger partial charge is 0.233 e. The second-order valence-electron chi connectivity index (χ2n) is 6.30. The summed E-state index contributed by atoms with van der Waals surface area (Å²) in [5, 5.41) is 0. The molecule has 1 aliphatic carbocycles. The molecule has 0 aliphatic heterocycles. The SMILES string of the molecule is CCOc1ccc2nc(SCC(=O)N(CC)C3CCCCC3)sc2c1. The van der Waals surface area contributed by atoms with E-state index in [1.807, 2.05) is 25.1 Å². The quantitative estimate of drug-likeness (QED) is 0.638. The minimum atomic E-state index is 0.244. The average molecular weight is 379 g/mol. The van der Waals surface area contributed by atoms with Gasteiger partial charge in [-0.05, 0) is 44.9 Å². The van der Waals surface area contributed by atoms with Crippen molar-refractivity contribution >= 4 is 39.2 Å². The van der Waals surface area contributed by atoms with Crippen LogP contribution in [0.5, 0.6) is 5.75 Å². The maximum absolute atomic E-state index is 12.7.